The molecule has 0 aromatic heterocycles. The summed E-state index contributed by atoms with van der Waals surface area (Å²) in [5.74, 6) is -1.93. The van der Waals surface area contributed by atoms with Crippen molar-refractivity contribution < 1.29 is 20.1 Å². The number of aromatic hydroxyl groups is 3. The minimum Gasteiger partial charge on any atom is -0.504 e. The van der Waals surface area contributed by atoms with Crippen LogP contribution in [0.25, 0.3) is 6.08 Å². The van der Waals surface area contributed by atoms with E-state index in [2.05, 4.69) is 4.99 Å². The van der Waals surface area contributed by atoms with Crippen LogP contribution in [-0.2, 0) is 4.79 Å². The normalized spacial score (nSPS) is 16.1. The van der Waals surface area contributed by atoms with Gasteiger partial charge in [-0.05, 0) is 18.2 Å². The Bertz CT molecular complexity index is 812. The van der Waals surface area contributed by atoms with Crippen LogP contribution in [0.2, 0.25) is 0 Å². The van der Waals surface area contributed by atoms with Crippen molar-refractivity contribution in [1.82, 2.24) is 0 Å². The third-order valence-corrected chi connectivity index (χ3v) is 4.12. The van der Waals surface area contributed by atoms with Crippen molar-refractivity contribution in [3.63, 3.8) is 0 Å². The van der Waals surface area contributed by atoms with E-state index in [1.165, 1.54) is 30.0 Å². The van der Waals surface area contributed by atoms with E-state index in [0.29, 0.717) is 9.95 Å². The fourth-order valence-electron chi connectivity index (χ4n) is 1.96. The molecule has 1 aliphatic rings. The third-order valence-electron chi connectivity index (χ3n) is 3.09. The molecule has 2 aromatic rings. The molecule has 0 aliphatic carbocycles. The third kappa shape index (κ3) is 2.56. The van der Waals surface area contributed by atoms with Crippen LogP contribution < -0.4 is 0 Å². The fraction of sp³-hybridized carbons (Fsp3) is 0. The van der Waals surface area contributed by atoms with E-state index in [0.717, 1.165) is 5.56 Å². The Kier molecular flexibility index (Phi) is 3.60. The number of carbonyl (C=O) groups is 1. The molecule has 1 heterocycles. The number of carbonyl (C=O) groups excluding carboxylic acids is 1. The Hall–Kier alpha value is -2.73. The summed E-state index contributed by atoms with van der Waals surface area (Å²) >= 11 is 1.19. The van der Waals surface area contributed by atoms with E-state index in [4.69, 9.17) is 0 Å². The Balaban J connectivity index is 1.92. The number of thioether (sulfide) groups is 1. The zero-order valence-electron chi connectivity index (χ0n) is 11.2. The van der Waals surface area contributed by atoms with Gasteiger partial charge in [0.15, 0.2) is 11.5 Å². The van der Waals surface area contributed by atoms with Gasteiger partial charge in [0.05, 0.1) is 4.91 Å². The van der Waals surface area contributed by atoms with Crippen LogP contribution in [0, 0.1) is 0 Å². The lowest BCUT2D eigenvalue weighted by atomic mass is 10.1. The Morgan fingerprint density at radius 1 is 0.955 bits per heavy atom. The van der Waals surface area contributed by atoms with Gasteiger partial charge in [0.2, 0.25) is 5.75 Å². The highest BCUT2D eigenvalue weighted by atomic mass is 32.2. The molecule has 0 bridgehead atoms. The molecular formula is C16H11NO4S. The first-order valence-corrected chi connectivity index (χ1v) is 7.20. The van der Waals surface area contributed by atoms with Crippen molar-refractivity contribution in [3.8, 4) is 17.2 Å². The summed E-state index contributed by atoms with van der Waals surface area (Å²) in [6, 6.07) is 11.9. The molecule has 1 amide bonds. The summed E-state index contributed by atoms with van der Waals surface area (Å²) in [6.45, 7) is 0. The predicted octanol–water partition coefficient (Wildman–Crippen LogP) is 2.86. The van der Waals surface area contributed by atoms with Crippen molar-refractivity contribution in [2.75, 3.05) is 0 Å². The number of hydrogen-bond donors (Lipinski definition) is 3. The molecule has 6 heteroatoms. The Morgan fingerprint density at radius 2 is 1.68 bits per heavy atom. The van der Waals surface area contributed by atoms with Gasteiger partial charge in [-0.25, -0.2) is 4.99 Å². The number of nitrogens with zero attached hydrogens (tertiary/aromatic N) is 1. The van der Waals surface area contributed by atoms with E-state index >= 15 is 0 Å². The van der Waals surface area contributed by atoms with E-state index in [-0.39, 0.29) is 5.56 Å². The van der Waals surface area contributed by atoms with Crippen molar-refractivity contribution in [3.05, 3.63) is 58.5 Å². The monoisotopic (exact) mass is 313 g/mol. The van der Waals surface area contributed by atoms with Crippen molar-refractivity contribution in [2.45, 2.75) is 0 Å². The number of hydrogen-bond acceptors (Lipinski definition) is 5. The van der Waals surface area contributed by atoms with Crippen LogP contribution in [0.1, 0.15) is 11.1 Å². The lowest BCUT2D eigenvalue weighted by molar-refractivity contribution is -0.113. The van der Waals surface area contributed by atoms with Gasteiger partial charge in [-0.15, -0.1) is 0 Å². The number of phenolic OH excluding ortho intramolecular Hbond substituents is 3. The molecule has 0 unspecified atom stereocenters. The quantitative estimate of drug-likeness (QED) is 0.586. The summed E-state index contributed by atoms with van der Waals surface area (Å²) in [5.41, 5.74) is 1.07. The smallest absolute Gasteiger partial charge is 0.284 e. The lowest BCUT2D eigenvalue weighted by Gasteiger charge is -2.04. The molecular weight excluding hydrogens is 302 g/mol. The van der Waals surface area contributed by atoms with Crippen LogP contribution in [0.4, 0.5) is 0 Å². The summed E-state index contributed by atoms with van der Waals surface area (Å²) in [6.07, 6.45) is 1.43. The van der Waals surface area contributed by atoms with Gasteiger partial charge >= 0.3 is 0 Å². The first kappa shape index (κ1) is 14.2. The van der Waals surface area contributed by atoms with Gasteiger partial charge in [0.25, 0.3) is 5.91 Å². The SMILES string of the molecule is O=C1N=C(c2ccccc2)S/C1=C/c1ccc(O)c(O)c1O. The maximum absolute atomic E-state index is 12.0. The number of rotatable bonds is 2. The number of benzene rings is 2. The average molecular weight is 313 g/mol. The molecule has 1 aliphatic heterocycles. The van der Waals surface area contributed by atoms with Gasteiger partial charge < -0.3 is 15.3 Å². The van der Waals surface area contributed by atoms with E-state index in [9.17, 15) is 20.1 Å². The summed E-state index contributed by atoms with van der Waals surface area (Å²) in [5, 5.41) is 29.2. The Morgan fingerprint density at radius 3 is 2.41 bits per heavy atom. The maximum atomic E-state index is 12.0. The van der Waals surface area contributed by atoms with Crippen LogP contribution in [0.5, 0.6) is 17.2 Å². The molecule has 3 N–H and O–H groups in total. The molecule has 22 heavy (non-hydrogen) atoms. The van der Waals surface area contributed by atoms with Crippen LogP contribution in [0.15, 0.2) is 52.4 Å². The van der Waals surface area contributed by atoms with Crippen LogP contribution in [0.3, 0.4) is 0 Å². The molecule has 0 saturated carbocycles. The fourth-order valence-corrected chi connectivity index (χ4v) is 2.87. The van der Waals surface area contributed by atoms with E-state index in [1.54, 1.807) is 0 Å². The lowest BCUT2D eigenvalue weighted by Crippen LogP contribution is -1.89. The summed E-state index contributed by atoms with van der Waals surface area (Å²) in [4.78, 5) is 16.3. The average Bonchev–Trinajstić information content (AvgIpc) is 2.90. The highest BCUT2D eigenvalue weighted by Gasteiger charge is 2.23. The number of aliphatic imine (C=N–C) groups is 1. The van der Waals surface area contributed by atoms with Gasteiger partial charge in [-0.2, -0.15) is 0 Å². The second-order valence-corrected chi connectivity index (χ2v) is 5.60. The zero-order valence-corrected chi connectivity index (χ0v) is 12.0. The first-order chi connectivity index (χ1) is 10.6. The van der Waals surface area contributed by atoms with Gasteiger partial charge in [0, 0.05) is 11.1 Å². The molecule has 0 radical (unpaired) electrons. The maximum Gasteiger partial charge on any atom is 0.284 e. The second kappa shape index (κ2) is 5.57. The molecule has 0 fully saturated rings. The zero-order chi connectivity index (χ0) is 15.7. The first-order valence-electron chi connectivity index (χ1n) is 6.38. The van der Waals surface area contributed by atoms with Gasteiger partial charge in [-0.3, -0.25) is 4.79 Å². The highest BCUT2D eigenvalue weighted by molar-refractivity contribution is 8.19. The minimum absolute atomic E-state index is 0.232. The number of phenols is 3. The van der Waals surface area contributed by atoms with Crippen molar-refractivity contribution in [1.29, 1.82) is 0 Å². The molecule has 2 aromatic carbocycles. The topological polar surface area (TPSA) is 90.1 Å². The Labute approximate surface area is 130 Å². The van der Waals surface area contributed by atoms with Crippen LogP contribution >= 0.6 is 11.8 Å². The van der Waals surface area contributed by atoms with Crippen LogP contribution in [-0.4, -0.2) is 26.3 Å². The molecule has 0 atom stereocenters. The molecule has 3 rings (SSSR count). The molecule has 110 valence electrons. The molecule has 0 saturated heterocycles. The van der Waals surface area contributed by atoms with Crippen molar-refractivity contribution in [2.24, 2.45) is 4.99 Å². The standard InChI is InChI=1S/C16H11NO4S/c18-11-7-6-10(13(19)14(11)20)8-12-15(21)17-16(22-12)9-4-2-1-3-5-9/h1-8,18-20H/b12-8+. The summed E-state index contributed by atoms with van der Waals surface area (Å²) < 4.78 is 0. The highest BCUT2D eigenvalue weighted by Crippen LogP contribution is 2.40. The van der Waals surface area contributed by atoms with Gasteiger partial charge in [0.1, 0.15) is 5.04 Å². The second-order valence-electron chi connectivity index (χ2n) is 4.57. The number of amides is 1. The molecule has 0 spiro atoms. The van der Waals surface area contributed by atoms with E-state index < -0.39 is 23.2 Å². The summed E-state index contributed by atoms with van der Waals surface area (Å²) in [7, 11) is 0. The minimum atomic E-state index is -0.617. The van der Waals surface area contributed by atoms with Gasteiger partial charge in [-0.1, -0.05) is 42.1 Å². The van der Waals surface area contributed by atoms with E-state index in [1.807, 2.05) is 30.3 Å². The molecule has 5 nitrogen and oxygen atoms in total. The van der Waals surface area contributed by atoms with Crippen molar-refractivity contribution >= 4 is 28.8 Å². The largest absolute Gasteiger partial charge is 0.504 e. The predicted molar refractivity (Wildman–Crippen MR) is 85.0 cm³/mol.